The van der Waals surface area contributed by atoms with Gasteiger partial charge in [0.15, 0.2) is 17.2 Å². The molecular formula is C22H20F2N6O2. The molecule has 1 saturated heterocycles. The third-order valence-electron chi connectivity index (χ3n) is 5.15. The predicted octanol–water partition coefficient (Wildman–Crippen LogP) is 2.47. The fourth-order valence-electron chi connectivity index (χ4n) is 3.64. The fourth-order valence-corrected chi connectivity index (χ4v) is 3.64. The highest BCUT2D eigenvalue weighted by atomic mass is 19.1. The molecule has 0 aliphatic carbocycles. The Bertz CT molecular complexity index is 1250. The summed E-state index contributed by atoms with van der Waals surface area (Å²) in [6.07, 6.45) is 4.25. The normalized spacial score (nSPS) is 15.8. The number of hydrogen-bond acceptors (Lipinski definition) is 6. The molecule has 0 bridgehead atoms. The van der Waals surface area contributed by atoms with Gasteiger partial charge in [-0.15, -0.1) is 0 Å². The van der Waals surface area contributed by atoms with Crippen LogP contribution in [0.2, 0.25) is 0 Å². The van der Waals surface area contributed by atoms with E-state index in [4.69, 9.17) is 10.5 Å². The van der Waals surface area contributed by atoms with E-state index in [1.165, 1.54) is 12.4 Å². The molecule has 1 aliphatic rings. The van der Waals surface area contributed by atoms with Gasteiger partial charge in [0.05, 0.1) is 11.4 Å². The number of nitrogens with zero attached hydrogens (tertiary/aromatic N) is 5. The zero-order valence-corrected chi connectivity index (χ0v) is 17.1. The molecule has 10 heteroatoms. The van der Waals surface area contributed by atoms with Crippen molar-refractivity contribution in [3.8, 4) is 17.6 Å². The smallest absolute Gasteiger partial charge is 0.246 e. The molecule has 1 fully saturated rings. The van der Waals surface area contributed by atoms with Crippen LogP contribution < -0.4 is 10.5 Å². The highest BCUT2D eigenvalue weighted by molar-refractivity contribution is 5.90. The van der Waals surface area contributed by atoms with Crippen molar-refractivity contribution in [3.05, 3.63) is 54.5 Å². The molecule has 8 nitrogen and oxygen atoms in total. The molecule has 3 heterocycles. The SMILES string of the molecule is C=CC(=O)N1CCC[C@@H](n2nc(C#CCOc3cc(F)ccc3F)c3c(N)ncnc32)C1. The average Bonchev–Trinajstić information content (AvgIpc) is 3.18. The van der Waals surface area contributed by atoms with E-state index in [0.717, 1.165) is 31.0 Å². The first-order valence-corrected chi connectivity index (χ1v) is 9.94. The number of carbonyl (C=O) groups is 1. The van der Waals surface area contributed by atoms with Crippen molar-refractivity contribution in [3.63, 3.8) is 0 Å². The monoisotopic (exact) mass is 438 g/mol. The molecular weight excluding hydrogens is 418 g/mol. The number of fused-ring (bicyclic) bond motifs is 1. The quantitative estimate of drug-likeness (QED) is 0.496. The van der Waals surface area contributed by atoms with Crippen LogP contribution in [0.3, 0.4) is 0 Å². The van der Waals surface area contributed by atoms with Crippen LogP contribution in [-0.2, 0) is 4.79 Å². The number of benzene rings is 1. The van der Waals surface area contributed by atoms with E-state index in [1.54, 1.807) is 9.58 Å². The molecule has 2 aromatic heterocycles. The van der Waals surface area contributed by atoms with Gasteiger partial charge in [0.1, 0.15) is 30.3 Å². The van der Waals surface area contributed by atoms with Gasteiger partial charge < -0.3 is 15.4 Å². The average molecular weight is 438 g/mol. The summed E-state index contributed by atoms with van der Waals surface area (Å²) in [5.41, 5.74) is 6.91. The van der Waals surface area contributed by atoms with Crippen molar-refractivity contribution in [1.82, 2.24) is 24.6 Å². The summed E-state index contributed by atoms with van der Waals surface area (Å²) in [5, 5.41) is 5.07. The number of rotatable bonds is 4. The van der Waals surface area contributed by atoms with E-state index >= 15 is 0 Å². The maximum atomic E-state index is 13.7. The number of likely N-dealkylation sites (tertiary alicyclic amines) is 1. The van der Waals surface area contributed by atoms with E-state index in [0.29, 0.717) is 29.8 Å². The van der Waals surface area contributed by atoms with Gasteiger partial charge in [-0.3, -0.25) is 4.79 Å². The van der Waals surface area contributed by atoms with Gasteiger partial charge in [-0.1, -0.05) is 12.5 Å². The number of piperidine rings is 1. The summed E-state index contributed by atoms with van der Waals surface area (Å²) in [4.78, 5) is 22.1. The first-order chi connectivity index (χ1) is 15.5. The molecule has 1 amide bonds. The van der Waals surface area contributed by atoms with Crippen LogP contribution >= 0.6 is 0 Å². The number of hydrogen-bond donors (Lipinski definition) is 1. The standard InChI is InChI=1S/C22H20F2N6O2/c1-2-19(31)29-9-3-5-15(12-29)30-22-20(21(25)26-13-27-22)17(28-30)6-4-10-32-18-11-14(23)7-8-16(18)24/h2,7-8,11,13,15H,1,3,5,9-10,12H2,(H2,25,26,27)/t15-/m1/s1. The number of anilines is 1. The molecule has 3 aromatic rings. The summed E-state index contributed by atoms with van der Waals surface area (Å²) < 4.78 is 33.9. The lowest BCUT2D eigenvalue weighted by atomic mass is 10.1. The van der Waals surface area contributed by atoms with E-state index in [-0.39, 0.29) is 30.1 Å². The minimum Gasteiger partial charge on any atom is -0.478 e. The van der Waals surface area contributed by atoms with E-state index in [2.05, 4.69) is 33.5 Å². The second-order valence-electron chi connectivity index (χ2n) is 7.20. The molecule has 2 N–H and O–H groups in total. The Hall–Kier alpha value is -4.00. The maximum Gasteiger partial charge on any atom is 0.246 e. The number of halogens is 2. The summed E-state index contributed by atoms with van der Waals surface area (Å²) in [7, 11) is 0. The van der Waals surface area contributed by atoms with Crippen LogP contribution in [0, 0.1) is 23.5 Å². The molecule has 1 atom stereocenters. The summed E-state index contributed by atoms with van der Waals surface area (Å²) in [6, 6.07) is 2.82. The molecule has 0 unspecified atom stereocenters. The minimum atomic E-state index is -0.684. The zero-order valence-electron chi connectivity index (χ0n) is 17.1. The van der Waals surface area contributed by atoms with Gasteiger partial charge in [0, 0.05) is 19.2 Å². The van der Waals surface area contributed by atoms with E-state index in [1.807, 2.05) is 0 Å². The topological polar surface area (TPSA) is 99.2 Å². The summed E-state index contributed by atoms with van der Waals surface area (Å²) in [6.45, 7) is 4.47. The van der Waals surface area contributed by atoms with Crippen molar-refractivity contribution >= 4 is 22.8 Å². The third kappa shape index (κ3) is 4.23. The summed E-state index contributed by atoms with van der Waals surface area (Å²) >= 11 is 0. The third-order valence-corrected chi connectivity index (χ3v) is 5.15. The first kappa shape index (κ1) is 21.2. The van der Waals surface area contributed by atoms with Crippen molar-refractivity contribution in [2.45, 2.75) is 18.9 Å². The Morgan fingerprint density at radius 2 is 2.22 bits per heavy atom. The minimum absolute atomic E-state index is 0.113. The Labute approximate surface area is 182 Å². The van der Waals surface area contributed by atoms with Gasteiger partial charge in [-0.25, -0.2) is 23.4 Å². The molecule has 1 aliphatic heterocycles. The van der Waals surface area contributed by atoms with Gasteiger partial charge in [-0.05, 0) is 37.0 Å². The Morgan fingerprint density at radius 1 is 1.38 bits per heavy atom. The fraction of sp³-hybridized carbons (Fsp3) is 0.273. The predicted molar refractivity (Wildman–Crippen MR) is 114 cm³/mol. The molecule has 0 spiro atoms. The highest BCUT2D eigenvalue weighted by Gasteiger charge is 2.27. The summed E-state index contributed by atoms with van der Waals surface area (Å²) in [5.74, 6) is 4.16. The van der Waals surface area contributed by atoms with Gasteiger partial charge in [-0.2, -0.15) is 5.10 Å². The second kappa shape index (κ2) is 9.01. The van der Waals surface area contributed by atoms with Gasteiger partial charge in [0.2, 0.25) is 5.91 Å². The van der Waals surface area contributed by atoms with Crippen LogP contribution in [0.1, 0.15) is 24.6 Å². The van der Waals surface area contributed by atoms with Crippen LogP contribution in [0.25, 0.3) is 11.0 Å². The molecule has 164 valence electrons. The number of ether oxygens (including phenoxy) is 1. The number of amides is 1. The van der Waals surface area contributed by atoms with Gasteiger partial charge >= 0.3 is 0 Å². The number of aromatic nitrogens is 4. The second-order valence-corrected chi connectivity index (χ2v) is 7.20. The molecule has 0 saturated carbocycles. The van der Waals surface area contributed by atoms with Gasteiger partial charge in [0.25, 0.3) is 0 Å². The van der Waals surface area contributed by atoms with Crippen molar-refractivity contribution in [1.29, 1.82) is 0 Å². The van der Waals surface area contributed by atoms with Crippen molar-refractivity contribution in [2.75, 3.05) is 25.4 Å². The first-order valence-electron chi connectivity index (χ1n) is 9.94. The lowest BCUT2D eigenvalue weighted by Crippen LogP contribution is -2.40. The Morgan fingerprint density at radius 3 is 3.03 bits per heavy atom. The largest absolute Gasteiger partial charge is 0.478 e. The Balaban J connectivity index is 1.61. The molecule has 1 aromatic carbocycles. The number of carbonyl (C=O) groups excluding carboxylic acids is 1. The van der Waals surface area contributed by atoms with Crippen molar-refractivity contribution in [2.24, 2.45) is 0 Å². The van der Waals surface area contributed by atoms with E-state index in [9.17, 15) is 13.6 Å². The Kier molecular flexibility index (Phi) is 5.98. The number of nitrogens with two attached hydrogens (primary N) is 1. The molecule has 0 radical (unpaired) electrons. The molecule has 4 rings (SSSR count). The number of nitrogen functional groups attached to an aromatic ring is 1. The van der Waals surface area contributed by atoms with Crippen LogP contribution in [0.5, 0.6) is 5.75 Å². The lowest BCUT2D eigenvalue weighted by molar-refractivity contribution is -0.127. The van der Waals surface area contributed by atoms with Crippen LogP contribution in [-0.4, -0.2) is 50.3 Å². The van der Waals surface area contributed by atoms with Crippen LogP contribution in [0.15, 0.2) is 37.2 Å². The zero-order chi connectivity index (χ0) is 22.7. The van der Waals surface area contributed by atoms with Crippen molar-refractivity contribution < 1.29 is 18.3 Å². The molecule has 32 heavy (non-hydrogen) atoms. The lowest BCUT2D eigenvalue weighted by Gasteiger charge is -2.32. The maximum absolute atomic E-state index is 13.7. The van der Waals surface area contributed by atoms with E-state index < -0.39 is 11.6 Å². The highest BCUT2D eigenvalue weighted by Crippen LogP contribution is 2.28. The van der Waals surface area contributed by atoms with Crippen LogP contribution in [0.4, 0.5) is 14.6 Å².